The fraction of sp³-hybridized carbons (Fsp3) is 0.769. The molecule has 2 rings (SSSR count). The summed E-state index contributed by atoms with van der Waals surface area (Å²) in [4.78, 5) is 4.29. The van der Waals surface area contributed by atoms with E-state index >= 15 is 0 Å². The molecular weight excluding hydrogens is 198 g/mol. The molecule has 1 aliphatic rings. The molecule has 1 saturated carbocycles. The van der Waals surface area contributed by atoms with Crippen molar-refractivity contribution in [1.29, 1.82) is 0 Å². The Kier molecular flexibility index (Phi) is 3.99. The van der Waals surface area contributed by atoms with E-state index < -0.39 is 0 Å². The highest BCUT2D eigenvalue weighted by Gasteiger charge is 2.20. The third-order valence-electron chi connectivity index (χ3n) is 3.68. The summed E-state index contributed by atoms with van der Waals surface area (Å²) in [5.74, 6) is 0.914. The van der Waals surface area contributed by atoms with Crippen molar-refractivity contribution >= 4 is 0 Å². The van der Waals surface area contributed by atoms with Crippen LogP contribution in [-0.4, -0.2) is 16.1 Å². The fourth-order valence-corrected chi connectivity index (χ4v) is 2.57. The van der Waals surface area contributed by atoms with Gasteiger partial charge in [-0.15, -0.1) is 0 Å². The van der Waals surface area contributed by atoms with Crippen LogP contribution < -0.4 is 5.32 Å². The molecule has 0 bridgehead atoms. The number of aromatic nitrogens is 2. The smallest absolute Gasteiger partial charge is 0.0951 e. The summed E-state index contributed by atoms with van der Waals surface area (Å²) in [6.45, 7) is 6.47. The summed E-state index contributed by atoms with van der Waals surface area (Å²) in [5, 5.41) is 3.38. The van der Waals surface area contributed by atoms with Gasteiger partial charge in [-0.05, 0) is 38.1 Å². The largest absolute Gasteiger partial charge is 0.330 e. The lowest BCUT2D eigenvalue weighted by Gasteiger charge is -2.28. The van der Waals surface area contributed by atoms with Gasteiger partial charge in [0.2, 0.25) is 0 Å². The summed E-state index contributed by atoms with van der Waals surface area (Å²) in [5.41, 5.74) is 1.33. The predicted octanol–water partition coefficient (Wildman–Crippen LogP) is 2.74. The summed E-state index contributed by atoms with van der Waals surface area (Å²) >= 11 is 0. The highest BCUT2D eigenvalue weighted by molar-refractivity contribution is 5.00. The zero-order valence-electron chi connectivity index (χ0n) is 10.4. The predicted molar refractivity (Wildman–Crippen MR) is 66.3 cm³/mol. The maximum Gasteiger partial charge on any atom is 0.0951 e. The lowest BCUT2D eigenvalue weighted by atomic mass is 9.87. The molecule has 0 unspecified atom stereocenters. The molecule has 1 N–H and O–H groups in total. The third-order valence-corrected chi connectivity index (χ3v) is 3.68. The normalized spacial score (nSPS) is 25.9. The van der Waals surface area contributed by atoms with Gasteiger partial charge in [-0.3, -0.25) is 0 Å². The molecule has 0 spiro atoms. The SMILES string of the molecule is CCNCc1cncn1C1CCC(C)CC1. The molecule has 0 aliphatic heterocycles. The van der Waals surface area contributed by atoms with Crippen LogP contribution >= 0.6 is 0 Å². The van der Waals surface area contributed by atoms with Crippen molar-refractivity contribution < 1.29 is 0 Å². The number of hydrogen-bond donors (Lipinski definition) is 1. The Bertz CT molecular complexity index is 311. The Morgan fingerprint density at radius 3 is 2.81 bits per heavy atom. The van der Waals surface area contributed by atoms with Crippen molar-refractivity contribution in [2.24, 2.45) is 5.92 Å². The van der Waals surface area contributed by atoms with Crippen LogP contribution in [0.4, 0.5) is 0 Å². The first-order valence-electron chi connectivity index (χ1n) is 6.52. The molecule has 1 aliphatic carbocycles. The van der Waals surface area contributed by atoms with Gasteiger partial charge in [0.1, 0.15) is 0 Å². The standard InChI is InChI=1S/C13H23N3/c1-3-14-8-13-9-15-10-16(13)12-6-4-11(2)5-7-12/h9-12,14H,3-8H2,1-2H3. The Hall–Kier alpha value is -0.830. The molecule has 0 aromatic carbocycles. The van der Waals surface area contributed by atoms with Gasteiger partial charge in [-0.1, -0.05) is 13.8 Å². The van der Waals surface area contributed by atoms with Gasteiger partial charge in [0.05, 0.1) is 12.0 Å². The van der Waals surface area contributed by atoms with Crippen molar-refractivity contribution in [3.63, 3.8) is 0 Å². The van der Waals surface area contributed by atoms with Crippen LogP contribution in [0, 0.1) is 5.92 Å². The number of hydrogen-bond acceptors (Lipinski definition) is 2. The molecule has 1 heterocycles. The van der Waals surface area contributed by atoms with Crippen LogP contribution in [0.25, 0.3) is 0 Å². The van der Waals surface area contributed by atoms with Gasteiger partial charge >= 0.3 is 0 Å². The average molecular weight is 221 g/mol. The Balaban J connectivity index is 1.99. The van der Waals surface area contributed by atoms with Crippen molar-refractivity contribution in [1.82, 2.24) is 14.9 Å². The maximum atomic E-state index is 4.29. The molecule has 0 radical (unpaired) electrons. The number of nitrogens with zero attached hydrogens (tertiary/aromatic N) is 2. The summed E-state index contributed by atoms with van der Waals surface area (Å²) < 4.78 is 2.38. The molecular formula is C13H23N3. The minimum absolute atomic E-state index is 0.687. The van der Waals surface area contributed by atoms with Crippen molar-refractivity contribution in [3.8, 4) is 0 Å². The van der Waals surface area contributed by atoms with Crippen LogP contribution in [0.1, 0.15) is 51.3 Å². The van der Waals surface area contributed by atoms with Gasteiger partial charge in [-0.25, -0.2) is 4.98 Å². The molecule has 0 amide bonds. The lowest BCUT2D eigenvalue weighted by molar-refractivity contribution is 0.284. The molecule has 3 nitrogen and oxygen atoms in total. The van der Waals surface area contributed by atoms with Crippen LogP contribution in [0.15, 0.2) is 12.5 Å². The lowest BCUT2D eigenvalue weighted by Crippen LogP contribution is -2.21. The first kappa shape index (κ1) is 11.6. The van der Waals surface area contributed by atoms with E-state index in [1.165, 1.54) is 31.4 Å². The minimum atomic E-state index is 0.687. The zero-order valence-corrected chi connectivity index (χ0v) is 10.4. The minimum Gasteiger partial charge on any atom is -0.330 e. The maximum absolute atomic E-state index is 4.29. The van der Waals surface area contributed by atoms with Crippen LogP contribution in [-0.2, 0) is 6.54 Å². The van der Waals surface area contributed by atoms with Gasteiger partial charge in [0, 0.05) is 18.8 Å². The monoisotopic (exact) mass is 221 g/mol. The van der Waals surface area contributed by atoms with Crippen LogP contribution in [0.3, 0.4) is 0 Å². The highest BCUT2D eigenvalue weighted by Crippen LogP contribution is 2.32. The van der Waals surface area contributed by atoms with Crippen LogP contribution in [0.2, 0.25) is 0 Å². The van der Waals surface area contributed by atoms with E-state index in [1.807, 2.05) is 12.5 Å². The Morgan fingerprint density at radius 2 is 2.12 bits per heavy atom. The molecule has 16 heavy (non-hydrogen) atoms. The Morgan fingerprint density at radius 1 is 1.38 bits per heavy atom. The number of imidazole rings is 1. The molecule has 0 saturated heterocycles. The van der Waals surface area contributed by atoms with E-state index in [4.69, 9.17) is 0 Å². The molecule has 90 valence electrons. The van der Waals surface area contributed by atoms with E-state index in [9.17, 15) is 0 Å². The average Bonchev–Trinajstić information content (AvgIpc) is 2.75. The number of rotatable bonds is 4. The van der Waals surface area contributed by atoms with Crippen molar-refractivity contribution in [2.45, 2.75) is 52.1 Å². The van der Waals surface area contributed by atoms with Gasteiger partial charge in [-0.2, -0.15) is 0 Å². The fourth-order valence-electron chi connectivity index (χ4n) is 2.57. The second kappa shape index (κ2) is 5.48. The first-order chi connectivity index (χ1) is 7.81. The van der Waals surface area contributed by atoms with E-state index in [-0.39, 0.29) is 0 Å². The number of nitrogens with one attached hydrogen (secondary N) is 1. The summed E-state index contributed by atoms with van der Waals surface area (Å²) in [7, 11) is 0. The van der Waals surface area contributed by atoms with E-state index in [0.717, 1.165) is 19.0 Å². The summed E-state index contributed by atoms with van der Waals surface area (Å²) in [6, 6.07) is 0.687. The summed E-state index contributed by atoms with van der Waals surface area (Å²) in [6.07, 6.45) is 9.37. The van der Waals surface area contributed by atoms with E-state index in [2.05, 4.69) is 28.7 Å². The first-order valence-corrected chi connectivity index (χ1v) is 6.52. The van der Waals surface area contributed by atoms with Crippen LogP contribution in [0.5, 0.6) is 0 Å². The quantitative estimate of drug-likeness (QED) is 0.847. The van der Waals surface area contributed by atoms with Crippen molar-refractivity contribution in [3.05, 3.63) is 18.2 Å². The zero-order chi connectivity index (χ0) is 11.4. The molecule has 1 aromatic heterocycles. The Labute approximate surface area is 98.3 Å². The van der Waals surface area contributed by atoms with Gasteiger partial charge in [0.15, 0.2) is 0 Å². The molecule has 0 atom stereocenters. The van der Waals surface area contributed by atoms with Gasteiger partial charge in [0.25, 0.3) is 0 Å². The third kappa shape index (κ3) is 2.64. The highest BCUT2D eigenvalue weighted by atomic mass is 15.1. The molecule has 3 heteroatoms. The molecule has 1 fully saturated rings. The second-order valence-corrected chi connectivity index (χ2v) is 4.99. The molecule has 1 aromatic rings. The van der Waals surface area contributed by atoms with E-state index in [1.54, 1.807) is 0 Å². The second-order valence-electron chi connectivity index (χ2n) is 4.99. The van der Waals surface area contributed by atoms with Gasteiger partial charge < -0.3 is 9.88 Å². The van der Waals surface area contributed by atoms with E-state index in [0.29, 0.717) is 6.04 Å². The van der Waals surface area contributed by atoms with Crippen molar-refractivity contribution in [2.75, 3.05) is 6.54 Å². The topological polar surface area (TPSA) is 29.9 Å².